The number of morpholine rings is 1. The molecule has 0 radical (unpaired) electrons. The summed E-state index contributed by atoms with van der Waals surface area (Å²) in [6, 6.07) is 9.52. The molecule has 0 aliphatic carbocycles. The van der Waals surface area contributed by atoms with Gasteiger partial charge in [-0.25, -0.2) is 0 Å². The summed E-state index contributed by atoms with van der Waals surface area (Å²) >= 11 is 18.3. The van der Waals surface area contributed by atoms with Gasteiger partial charge in [0.25, 0.3) is 0 Å². The van der Waals surface area contributed by atoms with Crippen LogP contribution in [0.1, 0.15) is 19.4 Å². The molecule has 7 heteroatoms. The summed E-state index contributed by atoms with van der Waals surface area (Å²) in [4.78, 5) is 14.2. The highest BCUT2D eigenvalue weighted by atomic mass is 35.6. The van der Waals surface area contributed by atoms with E-state index in [2.05, 4.69) is 5.32 Å². The molecular weight excluding hydrogens is 371 g/mol. The van der Waals surface area contributed by atoms with Crippen LogP contribution in [0.2, 0.25) is 0 Å². The fraction of sp³-hybridized carbons (Fsp3) is 0.471. The molecule has 1 fully saturated rings. The molecular formula is C17H21Cl3N2O2. The number of benzene rings is 1. The molecule has 0 aromatic heterocycles. The zero-order chi connectivity index (χ0) is 17.7. The number of carbonyl (C=O) groups is 1. The van der Waals surface area contributed by atoms with Crippen molar-refractivity contribution in [2.24, 2.45) is 0 Å². The summed E-state index contributed by atoms with van der Waals surface area (Å²) in [5.41, 5.74) is 0.923. The molecule has 0 unspecified atom stereocenters. The lowest BCUT2D eigenvalue weighted by molar-refractivity contribution is -0.121. The second kappa shape index (κ2) is 8.54. The summed E-state index contributed by atoms with van der Waals surface area (Å²) in [7, 11) is 0. The number of rotatable bonds is 4. The molecule has 0 bridgehead atoms. The van der Waals surface area contributed by atoms with Crippen LogP contribution in [0.5, 0.6) is 0 Å². The minimum absolute atomic E-state index is 0.000336. The van der Waals surface area contributed by atoms with Gasteiger partial charge in [0.15, 0.2) is 0 Å². The van der Waals surface area contributed by atoms with Crippen LogP contribution in [0, 0.1) is 0 Å². The predicted molar refractivity (Wildman–Crippen MR) is 99.3 cm³/mol. The monoisotopic (exact) mass is 390 g/mol. The number of halogens is 3. The van der Waals surface area contributed by atoms with Gasteiger partial charge >= 0.3 is 0 Å². The first kappa shape index (κ1) is 19.5. The third kappa shape index (κ3) is 5.94. The normalized spacial score (nSPS) is 24.0. The molecule has 1 aliphatic heterocycles. The Hall–Kier alpha value is -0.780. The maximum absolute atomic E-state index is 12.2. The van der Waals surface area contributed by atoms with Crippen LogP contribution >= 0.6 is 34.8 Å². The molecule has 4 nitrogen and oxygen atoms in total. The van der Waals surface area contributed by atoms with Gasteiger partial charge in [0, 0.05) is 19.2 Å². The maximum atomic E-state index is 12.2. The minimum Gasteiger partial charge on any atom is -0.373 e. The van der Waals surface area contributed by atoms with Crippen molar-refractivity contribution in [1.82, 2.24) is 10.2 Å². The van der Waals surface area contributed by atoms with E-state index in [1.165, 1.54) is 6.08 Å². The average Bonchev–Trinajstić information content (AvgIpc) is 2.49. The van der Waals surface area contributed by atoms with E-state index >= 15 is 0 Å². The van der Waals surface area contributed by atoms with Gasteiger partial charge in [-0.3, -0.25) is 9.69 Å². The number of ether oxygens (including phenoxy) is 1. The molecule has 3 atom stereocenters. The highest BCUT2D eigenvalue weighted by molar-refractivity contribution is 6.68. The Morgan fingerprint density at radius 3 is 2.38 bits per heavy atom. The summed E-state index contributed by atoms with van der Waals surface area (Å²) in [6.07, 6.45) is 2.42. The Balaban J connectivity index is 2.06. The zero-order valence-electron chi connectivity index (χ0n) is 13.6. The van der Waals surface area contributed by atoms with E-state index in [9.17, 15) is 4.79 Å². The molecule has 132 valence electrons. The van der Waals surface area contributed by atoms with E-state index in [0.717, 1.165) is 5.56 Å². The lowest BCUT2D eigenvalue weighted by atomic mass is 10.2. The van der Waals surface area contributed by atoms with Crippen LogP contribution in [-0.4, -0.2) is 46.1 Å². The lowest BCUT2D eigenvalue weighted by Crippen LogP contribution is -2.60. The van der Waals surface area contributed by atoms with Gasteiger partial charge < -0.3 is 10.1 Å². The second-order valence-corrected chi connectivity index (χ2v) is 8.28. The largest absolute Gasteiger partial charge is 0.373 e. The van der Waals surface area contributed by atoms with Crippen LogP contribution in [0.4, 0.5) is 0 Å². The number of nitrogens with one attached hydrogen (secondary N) is 1. The highest BCUT2D eigenvalue weighted by Gasteiger charge is 2.40. The minimum atomic E-state index is -1.65. The Morgan fingerprint density at radius 2 is 1.83 bits per heavy atom. The number of hydrogen-bond acceptors (Lipinski definition) is 3. The van der Waals surface area contributed by atoms with Crippen LogP contribution in [0.3, 0.4) is 0 Å². The summed E-state index contributed by atoms with van der Waals surface area (Å²) < 4.78 is 4.05. The molecule has 1 aliphatic rings. The van der Waals surface area contributed by atoms with Gasteiger partial charge in [0.05, 0.1) is 12.2 Å². The molecule has 0 spiro atoms. The van der Waals surface area contributed by atoms with Crippen molar-refractivity contribution < 1.29 is 9.53 Å². The first-order valence-corrected chi connectivity index (χ1v) is 8.89. The van der Waals surface area contributed by atoms with E-state index in [4.69, 9.17) is 39.5 Å². The van der Waals surface area contributed by atoms with Crippen LogP contribution in [-0.2, 0) is 9.53 Å². The molecule has 2 rings (SSSR count). The summed E-state index contributed by atoms with van der Waals surface area (Å²) in [6.45, 7) is 5.06. The van der Waals surface area contributed by atoms with E-state index in [1.807, 2.05) is 49.1 Å². The van der Waals surface area contributed by atoms with Crippen molar-refractivity contribution in [3.63, 3.8) is 0 Å². The topological polar surface area (TPSA) is 41.6 Å². The number of nitrogens with zero attached hydrogens (tertiary/aromatic N) is 1. The van der Waals surface area contributed by atoms with Gasteiger partial charge in [-0.2, -0.15) is 0 Å². The van der Waals surface area contributed by atoms with Crippen molar-refractivity contribution in [1.29, 1.82) is 0 Å². The predicted octanol–water partition coefficient (Wildman–Crippen LogP) is 3.62. The van der Waals surface area contributed by atoms with Gasteiger partial charge in [0.1, 0.15) is 6.17 Å². The first-order valence-electron chi connectivity index (χ1n) is 7.75. The van der Waals surface area contributed by atoms with Crippen molar-refractivity contribution >= 4 is 46.8 Å². The van der Waals surface area contributed by atoms with Crippen LogP contribution in [0.15, 0.2) is 36.4 Å². The number of alkyl halides is 3. The Kier molecular flexibility index (Phi) is 6.96. The summed E-state index contributed by atoms with van der Waals surface area (Å²) in [5, 5.41) is 2.79. The highest BCUT2D eigenvalue weighted by Crippen LogP contribution is 2.33. The van der Waals surface area contributed by atoms with Crippen LogP contribution in [0.25, 0.3) is 6.08 Å². The van der Waals surface area contributed by atoms with Gasteiger partial charge in [-0.05, 0) is 25.5 Å². The summed E-state index contributed by atoms with van der Waals surface area (Å²) in [5.74, 6) is -0.318. The molecule has 1 saturated heterocycles. The number of amides is 1. The van der Waals surface area contributed by atoms with Crippen molar-refractivity contribution in [3.8, 4) is 0 Å². The van der Waals surface area contributed by atoms with Crippen molar-refractivity contribution in [2.45, 2.75) is 36.0 Å². The Bertz CT molecular complexity index is 565. The number of carbonyl (C=O) groups excluding carboxylic acids is 1. The Morgan fingerprint density at radius 1 is 1.25 bits per heavy atom. The van der Waals surface area contributed by atoms with Crippen LogP contribution < -0.4 is 5.32 Å². The number of hydrogen-bond donors (Lipinski definition) is 1. The first-order chi connectivity index (χ1) is 11.3. The van der Waals surface area contributed by atoms with Crippen molar-refractivity contribution in [3.05, 3.63) is 42.0 Å². The zero-order valence-corrected chi connectivity index (χ0v) is 15.9. The SMILES string of the molecule is C[C@@H]1CN([C@H](NC(=O)/C=C/c2ccccc2)C(Cl)(Cl)Cl)C[C@H](C)O1. The van der Waals surface area contributed by atoms with Gasteiger partial charge in [-0.1, -0.05) is 65.1 Å². The molecule has 24 heavy (non-hydrogen) atoms. The quantitative estimate of drug-likeness (QED) is 0.629. The fourth-order valence-electron chi connectivity index (χ4n) is 2.73. The Labute approximate surface area is 157 Å². The molecule has 1 heterocycles. The molecule has 1 N–H and O–H groups in total. The molecule has 1 amide bonds. The van der Waals surface area contributed by atoms with E-state index in [0.29, 0.717) is 13.1 Å². The van der Waals surface area contributed by atoms with E-state index in [1.54, 1.807) is 6.08 Å². The lowest BCUT2D eigenvalue weighted by Gasteiger charge is -2.42. The third-order valence-electron chi connectivity index (χ3n) is 3.63. The molecule has 0 saturated carbocycles. The standard InChI is InChI=1S/C17H21Cl3N2O2/c1-12-10-22(11-13(2)24-12)16(17(18,19)20)21-15(23)9-8-14-6-4-3-5-7-14/h3-9,12-13,16H,10-11H2,1-2H3,(H,21,23)/b9-8+/t12-,13+,16-/m0/s1. The second-order valence-electron chi connectivity index (χ2n) is 5.91. The molecule has 1 aromatic carbocycles. The maximum Gasteiger partial charge on any atom is 0.245 e. The third-order valence-corrected chi connectivity index (χ3v) is 4.25. The fourth-order valence-corrected chi connectivity index (χ4v) is 3.31. The van der Waals surface area contributed by atoms with Crippen molar-refractivity contribution in [2.75, 3.05) is 13.1 Å². The van der Waals surface area contributed by atoms with E-state index in [-0.39, 0.29) is 18.1 Å². The van der Waals surface area contributed by atoms with Gasteiger partial charge in [-0.15, -0.1) is 0 Å². The van der Waals surface area contributed by atoms with E-state index < -0.39 is 9.96 Å². The molecule has 1 aromatic rings. The average molecular weight is 392 g/mol. The van der Waals surface area contributed by atoms with Gasteiger partial charge in [0.2, 0.25) is 9.70 Å². The smallest absolute Gasteiger partial charge is 0.245 e.